The number of benzene rings is 1. The number of rotatable bonds is 4. The number of hydrogen-bond donors (Lipinski definition) is 0. The van der Waals surface area contributed by atoms with Gasteiger partial charge in [-0.15, -0.1) is 11.3 Å². The fourth-order valence-corrected chi connectivity index (χ4v) is 5.05. The van der Waals surface area contributed by atoms with Gasteiger partial charge in [0, 0.05) is 31.9 Å². The molecule has 0 bridgehead atoms. The van der Waals surface area contributed by atoms with Crippen molar-refractivity contribution in [2.75, 3.05) is 44.2 Å². The van der Waals surface area contributed by atoms with Crippen molar-refractivity contribution in [2.24, 2.45) is 0 Å². The van der Waals surface area contributed by atoms with Gasteiger partial charge in [0.25, 0.3) is 5.91 Å². The second-order valence-electron chi connectivity index (χ2n) is 7.47. The summed E-state index contributed by atoms with van der Waals surface area (Å²) in [7, 11) is 0. The maximum Gasteiger partial charge on any atom is 0.265 e. The number of piperidine rings is 1. The van der Waals surface area contributed by atoms with Crippen molar-refractivity contribution in [1.82, 2.24) is 14.8 Å². The molecule has 4 rings (SSSR count). The molecule has 27 heavy (non-hydrogen) atoms. The number of likely N-dealkylation sites (tertiary alicyclic amines) is 1. The number of aryl methyl sites for hydroxylation is 1. The molecule has 144 valence electrons. The van der Waals surface area contributed by atoms with E-state index in [9.17, 15) is 4.79 Å². The molecule has 2 saturated heterocycles. The number of anilines is 1. The molecular weight excluding hydrogens is 356 g/mol. The molecule has 0 N–H and O–H groups in total. The van der Waals surface area contributed by atoms with Crippen LogP contribution in [-0.2, 0) is 6.54 Å². The molecule has 0 atom stereocenters. The molecule has 0 aliphatic carbocycles. The Hall–Kier alpha value is -1.92. The van der Waals surface area contributed by atoms with Gasteiger partial charge in [0.15, 0.2) is 0 Å². The van der Waals surface area contributed by atoms with E-state index in [1.807, 2.05) is 17.9 Å². The summed E-state index contributed by atoms with van der Waals surface area (Å²) in [6.45, 7) is 8.48. The first kappa shape index (κ1) is 18.4. The summed E-state index contributed by atoms with van der Waals surface area (Å²) < 4.78 is 0. The lowest BCUT2D eigenvalue weighted by molar-refractivity contribution is 0.0750. The van der Waals surface area contributed by atoms with E-state index < -0.39 is 0 Å². The van der Waals surface area contributed by atoms with Crippen LogP contribution in [0, 0.1) is 6.92 Å². The highest BCUT2D eigenvalue weighted by molar-refractivity contribution is 7.13. The second-order valence-corrected chi connectivity index (χ2v) is 8.56. The van der Waals surface area contributed by atoms with E-state index in [-0.39, 0.29) is 5.91 Å². The van der Waals surface area contributed by atoms with Gasteiger partial charge in [-0.3, -0.25) is 9.69 Å². The molecule has 0 unspecified atom stereocenters. The zero-order valence-electron chi connectivity index (χ0n) is 16.1. The summed E-state index contributed by atoms with van der Waals surface area (Å²) in [4.78, 5) is 25.4. The molecule has 6 heteroatoms. The number of aromatic nitrogens is 1. The van der Waals surface area contributed by atoms with E-state index in [4.69, 9.17) is 4.98 Å². The topological polar surface area (TPSA) is 39.7 Å². The van der Waals surface area contributed by atoms with Crippen LogP contribution in [0.1, 0.15) is 39.6 Å². The normalized spacial score (nSPS) is 18.7. The maximum absolute atomic E-state index is 13.0. The summed E-state index contributed by atoms with van der Waals surface area (Å²) in [6.07, 6.45) is 3.90. The Bertz CT molecular complexity index is 762. The van der Waals surface area contributed by atoms with Gasteiger partial charge >= 0.3 is 0 Å². The first-order valence-corrected chi connectivity index (χ1v) is 10.8. The molecule has 0 spiro atoms. The van der Waals surface area contributed by atoms with E-state index in [1.165, 1.54) is 24.9 Å². The fraction of sp³-hybridized carbons (Fsp3) is 0.524. The highest BCUT2D eigenvalue weighted by Crippen LogP contribution is 2.24. The third kappa shape index (κ3) is 4.33. The molecule has 3 heterocycles. The summed E-state index contributed by atoms with van der Waals surface area (Å²) in [5.41, 5.74) is 2.13. The third-order valence-electron chi connectivity index (χ3n) is 5.53. The number of carbonyl (C=O) groups is 1. The number of carbonyl (C=O) groups excluding carboxylic acids is 1. The summed E-state index contributed by atoms with van der Waals surface area (Å²) >= 11 is 1.59. The molecule has 1 aromatic heterocycles. The number of nitrogens with zero attached hydrogens (tertiary/aromatic N) is 4. The van der Waals surface area contributed by atoms with Crippen molar-refractivity contribution in [3.05, 3.63) is 45.9 Å². The first-order chi connectivity index (χ1) is 13.2. The van der Waals surface area contributed by atoms with Crippen LogP contribution in [0.5, 0.6) is 0 Å². The predicted molar refractivity (Wildman–Crippen MR) is 111 cm³/mol. The van der Waals surface area contributed by atoms with E-state index in [0.717, 1.165) is 61.4 Å². The van der Waals surface area contributed by atoms with Crippen LogP contribution in [0.15, 0.2) is 30.3 Å². The number of amides is 1. The van der Waals surface area contributed by atoms with Crippen molar-refractivity contribution < 1.29 is 4.79 Å². The molecule has 1 amide bonds. The maximum atomic E-state index is 13.0. The smallest absolute Gasteiger partial charge is 0.265 e. The monoisotopic (exact) mass is 384 g/mol. The van der Waals surface area contributed by atoms with Crippen LogP contribution in [-0.4, -0.2) is 60.0 Å². The fourth-order valence-electron chi connectivity index (χ4n) is 3.98. The van der Waals surface area contributed by atoms with Crippen molar-refractivity contribution in [1.29, 1.82) is 0 Å². The molecule has 0 radical (unpaired) electrons. The van der Waals surface area contributed by atoms with Crippen LogP contribution >= 0.6 is 11.3 Å². The molecule has 2 aromatic rings. The number of hydrogen-bond acceptors (Lipinski definition) is 5. The summed E-state index contributed by atoms with van der Waals surface area (Å²) in [5.74, 6) is 0.155. The molecule has 5 nitrogen and oxygen atoms in total. The van der Waals surface area contributed by atoms with Crippen LogP contribution in [0.4, 0.5) is 5.69 Å². The Morgan fingerprint density at radius 3 is 2.41 bits per heavy atom. The SMILES string of the molecule is Cc1nc(CN2CCCCC2)sc1C(=O)N1CCN(c2ccccc2)CC1. The Balaban J connectivity index is 1.37. The Kier molecular flexibility index (Phi) is 5.74. The highest BCUT2D eigenvalue weighted by Gasteiger charge is 2.26. The van der Waals surface area contributed by atoms with Crippen LogP contribution in [0.3, 0.4) is 0 Å². The van der Waals surface area contributed by atoms with Gasteiger partial charge in [0.1, 0.15) is 9.88 Å². The van der Waals surface area contributed by atoms with Gasteiger partial charge in [-0.2, -0.15) is 0 Å². The summed E-state index contributed by atoms with van der Waals surface area (Å²) in [5, 5.41) is 1.08. The van der Waals surface area contributed by atoms with Crippen molar-refractivity contribution >= 4 is 22.9 Å². The first-order valence-electron chi connectivity index (χ1n) is 9.98. The minimum absolute atomic E-state index is 0.155. The second kappa shape index (κ2) is 8.40. The van der Waals surface area contributed by atoms with Gasteiger partial charge in [0.2, 0.25) is 0 Å². The lowest BCUT2D eigenvalue weighted by atomic mass is 10.1. The zero-order chi connectivity index (χ0) is 18.6. The molecule has 2 fully saturated rings. The Morgan fingerprint density at radius 2 is 1.70 bits per heavy atom. The molecule has 2 aliphatic rings. The largest absolute Gasteiger partial charge is 0.368 e. The molecular formula is C21H28N4OS. The predicted octanol–water partition coefficient (Wildman–Crippen LogP) is 3.40. The van der Waals surface area contributed by atoms with Gasteiger partial charge < -0.3 is 9.80 Å². The average Bonchev–Trinajstić information content (AvgIpc) is 3.09. The van der Waals surface area contributed by atoms with Gasteiger partial charge in [-0.1, -0.05) is 24.6 Å². The minimum Gasteiger partial charge on any atom is -0.368 e. The molecule has 2 aliphatic heterocycles. The summed E-state index contributed by atoms with van der Waals surface area (Å²) in [6, 6.07) is 10.4. The molecule has 0 saturated carbocycles. The Labute approximate surface area is 165 Å². The molecule has 1 aromatic carbocycles. The minimum atomic E-state index is 0.155. The lowest BCUT2D eigenvalue weighted by Crippen LogP contribution is -2.48. The van der Waals surface area contributed by atoms with Crippen molar-refractivity contribution in [3.63, 3.8) is 0 Å². The van der Waals surface area contributed by atoms with Crippen LogP contribution in [0.25, 0.3) is 0 Å². The number of thiazole rings is 1. The average molecular weight is 385 g/mol. The third-order valence-corrected chi connectivity index (χ3v) is 6.66. The van der Waals surface area contributed by atoms with Crippen LogP contribution < -0.4 is 4.90 Å². The van der Waals surface area contributed by atoms with E-state index in [1.54, 1.807) is 11.3 Å². The number of piperazine rings is 1. The lowest BCUT2D eigenvalue weighted by Gasteiger charge is -2.36. The van der Waals surface area contributed by atoms with Gasteiger partial charge in [0.05, 0.1) is 12.2 Å². The van der Waals surface area contributed by atoms with Crippen LogP contribution in [0.2, 0.25) is 0 Å². The van der Waals surface area contributed by atoms with E-state index in [0.29, 0.717) is 0 Å². The van der Waals surface area contributed by atoms with E-state index >= 15 is 0 Å². The van der Waals surface area contributed by atoms with Gasteiger partial charge in [-0.05, 0) is 45.0 Å². The van der Waals surface area contributed by atoms with Gasteiger partial charge in [-0.25, -0.2) is 4.98 Å². The highest BCUT2D eigenvalue weighted by atomic mass is 32.1. The van der Waals surface area contributed by atoms with Crippen molar-refractivity contribution in [3.8, 4) is 0 Å². The quantitative estimate of drug-likeness (QED) is 0.810. The Morgan fingerprint density at radius 1 is 1.00 bits per heavy atom. The van der Waals surface area contributed by atoms with Crippen molar-refractivity contribution in [2.45, 2.75) is 32.7 Å². The zero-order valence-corrected chi connectivity index (χ0v) is 16.9. The number of para-hydroxylation sites is 1. The standard InChI is InChI=1S/C21H28N4OS/c1-17-20(27-19(22-17)16-23-10-6-3-7-11-23)21(26)25-14-12-24(13-15-25)18-8-4-2-5-9-18/h2,4-5,8-9H,3,6-7,10-16H2,1H3. The van der Waals surface area contributed by atoms with E-state index in [2.05, 4.69) is 34.1 Å².